The van der Waals surface area contributed by atoms with Crippen LogP contribution in [-0.4, -0.2) is 5.24 Å². The van der Waals surface area contributed by atoms with Gasteiger partial charge in [-0.2, -0.15) is 0 Å². The molecule has 0 unspecified atom stereocenters. The van der Waals surface area contributed by atoms with Crippen LogP contribution in [-0.2, 0) is 0 Å². The Kier molecular flexibility index (Phi) is 3.58. The van der Waals surface area contributed by atoms with Crippen LogP contribution in [0.5, 0.6) is 0 Å². The monoisotopic (exact) mass is 209 g/mol. The standard InChI is InChI=1S/C11H15NOS/c1-7(2)9-5-4-8(3)10(6-9)12-11(13)14/h4-7H,1-3H3,(H2,12,13,14). The summed E-state index contributed by atoms with van der Waals surface area (Å²) in [4.78, 5) is 10.8. The van der Waals surface area contributed by atoms with Crippen LogP contribution in [0.25, 0.3) is 0 Å². The first-order valence-electron chi connectivity index (χ1n) is 4.61. The predicted octanol–water partition coefficient (Wildman–Crippen LogP) is 3.58. The second kappa shape index (κ2) is 4.51. The van der Waals surface area contributed by atoms with Crippen molar-refractivity contribution in [1.29, 1.82) is 0 Å². The minimum atomic E-state index is -0.325. The highest BCUT2D eigenvalue weighted by molar-refractivity contribution is 7.96. The first kappa shape index (κ1) is 11.1. The highest BCUT2D eigenvalue weighted by atomic mass is 32.1. The molecular weight excluding hydrogens is 194 g/mol. The van der Waals surface area contributed by atoms with Gasteiger partial charge in [-0.25, -0.2) is 0 Å². The normalized spacial score (nSPS) is 10.4. The van der Waals surface area contributed by atoms with Crippen LogP contribution in [0.4, 0.5) is 10.5 Å². The predicted molar refractivity (Wildman–Crippen MR) is 63.3 cm³/mol. The molecule has 1 rings (SSSR count). The second-order valence-corrected chi connectivity index (χ2v) is 4.07. The van der Waals surface area contributed by atoms with Crippen molar-refractivity contribution in [3.8, 4) is 0 Å². The summed E-state index contributed by atoms with van der Waals surface area (Å²) in [5.74, 6) is 0.464. The molecule has 0 aliphatic carbocycles. The average Bonchev–Trinajstić information content (AvgIpc) is 2.07. The number of rotatable bonds is 2. The Morgan fingerprint density at radius 2 is 2.07 bits per heavy atom. The lowest BCUT2D eigenvalue weighted by Crippen LogP contribution is -2.03. The van der Waals surface area contributed by atoms with E-state index in [1.165, 1.54) is 5.56 Å². The summed E-state index contributed by atoms with van der Waals surface area (Å²) in [7, 11) is 0. The number of aryl methyl sites for hydroxylation is 1. The number of amides is 1. The maximum Gasteiger partial charge on any atom is 0.280 e. The van der Waals surface area contributed by atoms with E-state index in [2.05, 4.69) is 37.9 Å². The van der Waals surface area contributed by atoms with E-state index in [0.29, 0.717) is 5.92 Å². The van der Waals surface area contributed by atoms with Crippen molar-refractivity contribution in [2.24, 2.45) is 0 Å². The van der Waals surface area contributed by atoms with E-state index in [1.807, 2.05) is 19.1 Å². The van der Waals surface area contributed by atoms with Gasteiger partial charge >= 0.3 is 0 Å². The number of benzene rings is 1. The fourth-order valence-electron chi connectivity index (χ4n) is 1.25. The molecule has 1 N–H and O–H groups in total. The zero-order valence-corrected chi connectivity index (χ0v) is 9.56. The van der Waals surface area contributed by atoms with Gasteiger partial charge in [-0.15, -0.1) is 0 Å². The molecule has 1 amide bonds. The SMILES string of the molecule is Cc1ccc(C(C)C)cc1NC(=O)S. The van der Waals surface area contributed by atoms with Gasteiger partial charge in [-0.1, -0.05) is 38.6 Å². The van der Waals surface area contributed by atoms with Gasteiger partial charge in [0.25, 0.3) is 5.24 Å². The summed E-state index contributed by atoms with van der Waals surface area (Å²) in [6.45, 7) is 6.21. The van der Waals surface area contributed by atoms with Crippen molar-refractivity contribution in [2.75, 3.05) is 5.32 Å². The quantitative estimate of drug-likeness (QED) is 0.716. The average molecular weight is 209 g/mol. The summed E-state index contributed by atoms with van der Waals surface area (Å²) in [6, 6.07) is 6.08. The van der Waals surface area contributed by atoms with Crippen molar-refractivity contribution in [3.63, 3.8) is 0 Å². The lowest BCUT2D eigenvalue weighted by Gasteiger charge is -2.10. The molecule has 0 aromatic heterocycles. The van der Waals surface area contributed by atoms with Gasteiger partial charge < -0.3 is 5.32 Å². The van der Waals surface area contributed by atoms with Crippen molar-refractivity contribution in [2.45, 2.75) is 26.7 Å². The molecule has 0 heterocycles. The number of thiol groups is 1. The summed E-state index contributed by atoms with van der Waals surface area (Å²) < 4.78 is 0. The molecule has 0 spiro atoms. The third kappa shape index (κ3) is 2.77. The van der Waals surface area contributed by atoms with Crippen LogP contribution in [0.2, 0.25) is 0 Å². The maximum atomic E-state index is 10.8. The van der Waals surface area contributed by atoms with E-state index < -0.39 is 0 Å². The summed E-state index contributed by atoms with van der Waals surface area (Å²) >= 11 is 3.69. The van der Waals surface area contributed by atoms with Crippen molar-refractivity contribution in [1.82, 2.24) is 0 Å². The fraction of sp³-hybridized carbons (Fsp3) is 0.364. The van der Waals surface area contributed by atoms with E-state index in [1.54, 1.807) is 0 Å². The first-order chi connectivity index (χ1) is 6.50. The van der Waals surface area contributed by atoms with Crippen molar-refractivity contribution in [3.05, 3.63) is 29.3 Å². The largest absolute Gasteiger partial charge is 0.317 e. The molecule has 2 nitrogen and oxygen atoms in total. The molecule has 0 atom stereocenters. The molecular formula is C11H15NOS. The molecule has 0 aliphatic rings. The Hall–Kier alpha value is -0.960. The molecule has 0 saturated heterocycles. The highest BCUT2D eigenvalue weighted by Crippen LogP contribution is 2.22. The zero-order chi connectivity index (χ0) is 10.7. The summed E-state index contributed by atoms with van der Waals surface area (Å²) in [6.07, 6.45) is 0. The van der Waals surface area contributed by atoms with Crippen LogP contribution in [0.1, 0.15) is 30.9 Å². The van der Waals surface area contributed by atoms with Gasteiger partial charge in [0.05, 0.1) is 0 Å². The number of anilines is 1. The van der Waals surface area contributed by atoms with E-state index >= 15 is 0 Å². The van der Waals surface area contributed by atoms with E-state index in [4.69, 9.17) is 0 Å². The Labute approximate surface area is 90.1 Å². The smallest absolute Gasteiger partial charge is 0.280 e. The third-order valence-electron chi connectivity index (χ3n) is 2.17. The second-order valence-electron chi connectivity index (χ2n) is 3.66. The van der Waals surface area contributed by atoms with Crippen LogP contribution in [0, 0.1) is 6.92 Å². The molecule has 0 saturated carbocycles. The third-order valence-corrected chi connectivity index (χ3v) is 2.28. The van der Waals surface area contributed by atoms with E-state index in [9.17, 15) is 4.79 Å². The Morgan fingerprint density at radius 3 is 2.57 bits per heavy atom. The molecule has 1 aromatic carbocycles. The summed E-state index contributed by atoms with van der Waals surface area (Å²) in [5, 5.41) is 2.37. The van der Waals surface area contributed by atoms with Gasteiger partial charge in [-0.05, 0) is 30.0 Å². The van der Waals surface area contributed by atoms with Gasteiger partial charge in [-0.3, -0.25) is 4.79 Å². The zero-order valence-electron chi connectivity index (χ0n) is 8.66. The summed E-state index contributed by atoms with van der Waals surface area (Å²) in [5.41, 5.74) is 3.11. The molecule has 0 aliphatic heterocycles. The molecule has 0 bridgehead atoms. The van der Waals surface area contributed by atoms with E-state index in [-0.39, 0.29) is 5.24 Å². The number of carbonyl (C=O) groups is 1. The molecule has 76 valence electrons. The molecule has 14 heavy (non-hydrogen) atoms. The Morgan fingerprint density at radius 1 is 1.43 bits per heavy atom. The number of carbonyl (C=O) groups excluding carboxylic acids is 1. The topological polar surface area (TPSA) is 29.1 Å². The van der Waals surface area contributed by atoms with Crippen LogP contribution in [0.3, 0.4) is 0 Å². The van der Waals surface area contributed by atoms with Gasteiger partial charge in [0.15, 0.2) is 0 Å². The Balaban J connectivity index is 3.02. The lowest BCUT2D eigenvalue weighted by molar-refractivity contribution is 0.270. The Bertz CT molecular complexity index is 347. The van der Waals surface area contributed by atoms with Crippen LogP contribution in [0.15, 0.2) is 18.2 Å². The first-order valence-corrected chi connectivity index (χ1v) is 5.06. The number of hydrogen-bond donors (Lipinski definition) is 2. The van der Waals surface area contributed by atoms with E-state index in [0.717, 1.165) is 11.3 Å². The molecule has 0 fully saturated rings. The highest BCUT2D eigenvalue weighted by Gasteiger charge is 2.04. The molecule has 3 heteroatoms. The van der Waals surface area contributed by atoms with Crippen LogP contribution < -0.4 is 5.32 Å². The van der Waals surface area contributed by atoms with Crippen molar-refractivity contribution >= 4 is 23.6 Å². The number of hydrogen-bond acceptors (Lipinski definition) is 1. The van der Waals surface area contributed by atoms with Crippen molar-refractivity contribution < 1.29 is 4.79 Å². The maximum absolute atomic E-state index is 10.8. The van der Waals surface area contributed by atoms with Gasteiger partial charge in [0, 0.05) is 5.69 Å². The van der Waals surface area contributed by atoms with Gasteiger partial charge in [0.1, 0.15) is 0 Å². The van der Waals surface area contributed by atoms with Gasteiger partial charge in [0.2, 0.25) is 0 Å². The number of nitrogens with one attached hydrogen (secondary N) is 1. The minimum Gasteiger partial charge on any atom is -0.317 e. The lowest BCUT2D eigenvalue weighted by atomic mass is 10.0. The molecule has 1 aromatic rings. The fourth-order valence-corrected chi connectivity index (χ4v) is 1.37. The molecule has 0 radical (unpaired) electrons. The minimum absolute atomic E-state index is 0.325. The van der Waals surface area contributed by atoms with Crippen LogP contribution >= 0.6 is 12.6 Å².